The maximum atomic E-state index is 13.8. The predicted octanol–water partition coefficient (Wildman–Crippen LogP) is 4.31. The third kappa shape index (κ3) is 3.40. The van der Waals surface area contributed by atoms with E-state index in [9.17, 15) is 9.18 Å². The molecule has 2 aromatic carbocycles. The van der Waals surface area contributed by atoms with Gasteiger partial charge in [0.1, 0.15) is 5.82 Å². The first-order valence-corrected chi connectivity index (χ1v) is 6.75. The number of halogens is 1. The Labute approximate surface area is 123 Å². The van der Waals surface area contributed by atoms with Crippen LogP contribution in [-0.2, 0) is 0 Å². The van der Waals surface area contributed by atoms with Crippen LogP contribution in [0.1, 0.15) is 40.0 Å². The van der Waals surface area contributed by atoms with Crippen molar-refractivity contribution in [3.63, 3.8) is 0 Å². The molecule has 2 aromatic rings. The molecule has 0 bridgehead atoms. The Morgan fingerprint density at radius 2 is 1.90 bits per heavy atom. The molecule has 0 radical (unpaired) electrons. The highest BCUT2D eigenvalue weighted by Crippen LogP contribution is 2.25. The van der Waals surface area contributed by atoms with Crippen LogP contribution in [0.25, 0.3) is 0 Å². The minimum Gasteiger partial charge on any atom is -0.478 e. The highest BCUT2D eigenvalue weighted by molar-refractivity contribution is 5.88. The Morgan fingerprint density at radius 1 is 1.19 bits per heavy atom. The van der Waals surface area contributed by atoms with E-state index < -0.39 is 11.8 Å². The van der Waals surface area contributed by atoms with Gasteiger partial charge in [-0.1, -0.05) is 23.8 Å². The number of carboxylic acid groups (broad SMARTS) is 1. The summed E-state index contributed by atoms with van der Waals surface area (Å²) in [6.45, 7) is 5.94. The lowest BCUT2D eigenvalue weighted by atomic mass is 10.00. The summed E-state index contributed by atoms with van der Waals surface area (Å²) in [6, 6.07) is 9.69. The summed E-state index contributed by atoms with van der Waals surface area (Å²) < 4.78 is 13.8. The third-order valence-corrected chi connectivity index (χ3v) is 3.48. The Kier molecular flexibility index (Phi) is 4.26. The molecule has 0 aliphatic heterocycles. The molecule has 0 amide bonds. The molecule has 0 spiro atoms. The Balaban J connectivity index is 2.28. The maximum Gasteiger partial charge on any atom is 0.335 e. The summed E-state index contributed by atoms with van der Waals surface area (Å²) in [4.78, 5) is 11.0. The van der Waals surface area contributed by atoms with Crippen molar-refractivity contribution in [3.8, 4) is 0 Å². The fourth-order valence-electron chi connectivity index (χ4n) is 2.39. The average molecular weight is 287 g/mol. The van der Waals surface area contributed by atoms with Crippen molar-refractivity contribution in [1.82, 2.24) is 0 Å². The van der Waals surface area contributed by atoms with Crippen LogP contribution >= 0.6 is 0 Å². The molecule has 3 nitrogen and oxygen atoms in total. The lowest BCUT2D eigenvalue weighted by molar-refractivity contribution is 0.0697. The first-order valence-electron chi connectivity index (χ1n) is 6.75. The van der Waals surface area contributed by atoms with Crippen molar-refractivity contribution in [3.05, 3.63) is 64.5 Å². The van der Waals surface area contributed by atoms with Crippen LogP contribution in [0, 0.1) is 19.7 Å². The van der Waals surface area contributed by atoms with Crippen molar-refractivity contribution in [2.75, 3.05) is 5.32 Å². The largest absolute Gasteiger partial charge is 0.478 e. The number of carbonyl (C=O) groups is 1. The van der Waals surface area contributed by atoms with E-state index in [2.05, 4.69) is 11.4 Å². The second-order valence-electron chi connectivity index (χ2n) is 5.23. The summed E-state index contributed by atoms with van der Waals surface area (Å²) in [5.41, 5.74) is 3.60. The molecular weight excluding hydrogens is 269 g/mol. The minimum atomic E-state index is -1.07. The zero-order valence-corrected chi connectivity index (χ0v) is 12.3. The fourth-order valence-corrected chi connectivity index (χ4v) is 2.39. The number of nitrogens with one attached hydrogen (secondary N) is 1. The van der Waals surface area contributed by atoms with E-state index in [1.807, 2.05) is 32.9 Å². The quantitative estimate of drug-likeness (QED) is 0.880. The highest BCUT2D eigenvalue weighted by Gasteiger charge is 2.13. The van der Waals surface area contributed by atoms with Crippen LogP contribution in [-0.4, -0.2) is 11.1 Å². The standard InChI is InChI=1S/C17H18FNO2/c1-10-4-6-14(11(2)8-10)12(3)19-16-9-13(17(20)21)5-7-15(16)18/h4-9,12,19H,1-3H3,(H,20,21). The summed E-state index contributed by atoms with van der Waals surface area (Å²) in [5, 5.41) is 12.0. The van der Waals surface area contributed by atoms with Crippen molar-refractivity contribution in [1.29, 1.82) is 0 Å². The summed E-state index contributed by atoms with van der Waals surface area (Å²) in [7, 11) is 0. The Bertz CT molecular complexity index is 682. The summed E-state index contributed by atoms with van der Waals surface area (Å²) in [5.74, 6) is -1.53. The van der Waals surface area contributed by atoms with E-state index in [1.54, 1.807) is 0 Å². The maximum absolute atomic E-state index is 13.8. The van der Waals surface area contributed by atoms with E-state index in [1.165, 1.54) is 23.8 Å². The molecule has 0 saturated heterocycles. The lowest BCUT2D eigenvalue weighted by Crippen LogP contribution is -2.10. The van der Waals surface area contributed by atoms with Crippen LogP contribution in [0.4, 0.5) is 10.1 Å². The molecule has 2 N–H and O–H groups in total. The van der Waals surface area contributed by atoms with Crippen molar-refractivity contribution in [2.45, 2.75) is 26.8 Å². The van der Waals surface area contributed by atoms with Gasteiger partial charge < -0.3 is 10.4 Å². The van der Waals surface area contributed by atoms with Crippen LogP contribution in [0.3, 0.4) is 0 Å². The smallest absolute Gasteiger partial charge is 0.335 e. The highest BCUT2D eigenvalue weighted by atomic mass is 19.1. The topological polar surface area (TPSA) is 49.3 Å². The second kappa shape index (κ2) is 5.95. The van der Waals surface area contributed by atoms with Crippen LogP contribution in [0.15, 0.2) is 36.4 Å². The van der Waals surface area contributed by atoms with E-state index >= 15 is 0 Å². The zero-order valence-electron chi connectivity index (χ0n) is 12.3. The molecule has 0 aromatic heterocycles. The van der Waals surface area contributed by atoms with Gasteiger partial charge in [-0.3, -0.25) is 0 Å². The van der Waals surface area contributed by atoms with E-state index in [4.69, 9.17) is 5.11 Å². The molecule has 110 valence electrons. The SMILES string of the molecule is Cc1ccc(C(C)Nc2cc(C(=O)O)ccc2F)c(C)c1. The molecule has 0 heterocycles. The number of benzene rings is 2. The molecular formula is C17H18FNO2. The van der Waals surface area contributed by atoms with E-state index in [0.29, 0.717) is 0 Å². The first kappa shape index (κ1) is 15.0. The van der Waals surface area contributed by atoms with Gasteiger partial charge in [0.15, 0.2) is 0 Å². The van der Waals surface area contributed by atoms with E-state index in [0.717, 1.165) is 11.1 Å². The van der Waals surface area contributed by atoms with Crippen LogP contribution in [0.2, 0.25) is 0 Å². The molecule has 0 fully saturated rings. The van der Waals surface area contributed by atoms with Gasteiger partial charge in [-0.2, -0.15) is 0 Å². The summed E-state index contributed by atoms with van der Waals surface area (Å²) >= 11 is 0. The Hall–Kier alpha value is -2.36. The van der Waals surface area contributed by atoms with Gasteiger partial charge in [0.05, 0.1) is 11.3 Å². The normalized spacial score (nSPS) is 12.0. The number of aryl methyl sites for hydroxylation is 2. The molecule has 2 rings (SSSR count). The molecule has 1 atom stereocenters. The molecule has 4 heteroatoms. The fraction of sp³-hybridized carbons (Fsp3) is 0.235. The van der Waals surface area contributed by atoms with Crippen molar-refractivity contribution in [2.24, 2.45) is 0 Å². The molecule has 0 aliphatic rings. The van der Waals surface area contributed by atoms with Crippen LogP contribution in [0.5, 0.6) is 0 Å². The number of hydrogen-bond acceptors (Lipinski definition) is 2. The first-order chi connectivity index (χ1) is 9.88. The number of aromatic carboxylic acids is 1. The second-order valence-corrected chi connectivity index (χ2v) is 5.23. The molecule has 21 heavy (non-hydrogen) atoms. The van der Waals surface area contributed by atoms with Gasteiger partial charge in [0.25, 0.3) is 0 Å². The predicted molar refractivity (Wildman–Crippen MR) is 81.3 cm³/mol. The number of carboxylic acids is 1. The van der Waals surface area contributed by atoms with E-state index in [-0.39, 0.29) is 17.3 Å². The van der Waals surface area contributed by atoms with Gasteiger partial charge in [0.2, 0.25) is 0 Å². The summed E-state index contributed by atoms with van der Waals surface area (Å²) in [6.07, 6.45) is 0. The number of rotatable bonds is 4. The van der Waals surface area contributed by atoms with Crippen LogP contribution < -0.4 is 5.32 Å². The third-order valence-electron chi connectivity index (χ3n) is 3.48. The Morgan fingerprint density at radius 3 is 2.52 bits per heavy atom. The molecule has 0 saturated carbocycles. The monoisotopic (exact) mass is 287 g/mol. The van der Waals surface area contributed by atoms with Gasteiger partial charge in [-0.15, -0.1) is 0 Å². The number of hydrogen-bond donors (Lipinski definition) is 2. The van der Waals surface area contributed by atoms with Crippen molar-refractivity contribution >= 4 is 11.7 Å². The van der Waals surface area contributed by atoms with Crippen molar-refractivity contribution < 1.29 is 14.3 Å². The minimum absolute atomic E-state index is 0.0618. The number of anilines is 1. The molecule has 0 aliphatic carbocycles. The average Bonchev–Trinajstić information content (AvgIpc) is 2.40. The van der Waals surface area contributed by atoms with Gasteiger partial charge in [-0.05, 0) is 50.1 Å². The molecule has 1 unspecified atom stereocenters. The van der Waals surface area contributed by atoms with Gasteiger partial charge in [0, 0.05) is 6.04 Å². The lowest BCUT2D eigenvalue weighted by Gasteiger charge is -2.19. The van der Waals surface area contributed by atoms with Gasteiger partial charge >= 0.3 is 5.97 Å². The zero-order chi connectivity index (χ0) is 15.6. The van der Waals surface area contributed by atoms with Gasteiger partial charge in [-0.25, -0.2) is 9.18 Å².